The molecular formula is C28H26BrN3O6S2. The van der Waals surface area contributed by atoms with Crippen molar-refractivity contribution in [2.45, 2.75) is 16.7 Å². The monoisotopic (exact) mass is 643 g/mol. The summed E-state index contributed by atoms with van der Waals surface area (Å²) < 4.78 is 62.1. The number of ether oxygens (including phenoxy) is 1. The summed E-state index contributed by atoms with van der Waals surface area (Å²) in [5.41, 5.74) is 1.87. The average molecular weight is 645 g/mol. The van der Waals surface area contributed by atoms with Gasteiger partial charge in [0.05, 0.1) is 22.6 Å². The summed E-state index contributed by atoms with van der Waals surface area (Å²) in [5, 5.41) is 2.64. The van der Waals surface area contributed by atoms with Crippen LogP contribution in [-0.4, -0.2) is 36.4 Å². The minimum Gasteiger partial charge on any atom is -0.497 e. The van der Waals surface area contributed by atoms with Crippen LogP contribution in [0.2, 0.25) is 0 Å². The molecule has 0 heterocycles. The van der Waals surface area contributed by atoms with Gasteiger partial charge in [-0.3, -0.25) is 13.8 Å². The highest BCUT2D eigenvalue weighted by Crippen LogP contribution is 2.26. The van der Waals surface area contributed by atoms with Crippen molar-refractivity contribution in [3.63, 3.8) is 0 Å². The van der Waals surface area contributed by atoms with E-state index in [1.54, 1.807) is 60.7 Å². The summed E-state index contributed by atoms with van der Waals surface area (Å²) in [7, 11) is -6.46. The SMILES string of the molecule is COc1ccc(N(CC(=O)Nc2ccc(S(=O)(=O)Nc3ccc(Br)cc3)cc2)S(=O)(=O)c2ccc(C)cc2)cc1. The Balaban J connectivity index is 1.53. The van der Waals surface area contributed by atoms with E-state index in [0.29, 0.717) is 17.1 Å². The molecule has 0 atom stereocenters. The Morgan fingerprint density at radius 3 is 1.90 bits per heavy atom. The number of methoxy groups -OCH3 is 1. The summed E-state index contributed by atoms with van der Waals surface area (Å²) >= 11 is 3.30. The van der Waals surface area contributed by atoms with Gasteiger partial charge >= 0.3 is 0 Å². The molecule has 0 fully saturated rings. The number of aryl methyl sites for hydroxylation is 1. The number of nitrogens with zero attached hydrogens (tertiary/aromatic N) is 1. The van der Waals surface area contributed by atoms with Crippen LogP contribution in [0, 0.1) is 6.92 Å². The third kappa shape index (κ3) is 7.00. The maximum Gasteiger partial charge on any atom is 0.264 e. The number of halogens is 1. The molecule has 0 aliphatic rings. The molecule has 4 aromatic carbocycles. The highest BCUT2D eigenvalue weighted by molar-refractivity contribution is 9.10. The molecule has 0 radical (unpaired) electrons. The Bertz CT molecular complexity index is 1690. The van der Waals surface area contributed by atoms with Gasteiger partial charge in [-0.05, 0) is 91.9 Å². The maximum atomic E-state index is 13.5. The van der Waals surface area contributed by atoms with E-state index in [0.717, 1.165) is 14.3 Å². The van der Waals surface area contributed by atoms with Crippen LogP contribution in [0.5, 0.6) is 5.75 Å². The highest BCUT2D eigenvalue weighted by Gasteiger charge is 2.27. The van der Waals surface area contributed by atoms with Crippen molar-refractivity contribution in [3.05, 3.63) is 107 Å². The van der Waals surface area contributed by atoms with Gasteiger partial charge in [0.1, 0.15) is 12.3 Å². The Morgan fingerprint density at radius 2 is 1.32 bits per heavy atom. The predicted octanol–water partition coefficient (Wildman–Crippen LogP) is 5.40. The Hall–Kier alpha value is -3.87. The van der Waals surface area contributed by atoms with Crippen molar-refractivity contribution in [1.29, 1.82) is 0 Å². The molecule has 12 heteroatoms. The molecule has 2 N–H and O–H groups in total. The summed E-state index contributed by atoms with van der Waals surface area (Å²) in [6, 6.07) is 24.9. The van der Waals surface area contributed by atoms with Crippen molar-refractivity contribution < 1.29 is 26.4 Å². The lowest BCUT2D eigenvalue weighted by atomic mass is 10.2. The van der Waals surface area contributed by atoms with Gasteiger partial charge in [0, 0.05) is 15.8 Å². The van der Waals surface area contributed by atoms with E-state index < -0.39 is 32.5 Å². The van der Waals surface area contributed by atoms with Gasteiger partial charge in [0.25, 0.3) is 20.0 Å². The molecular weight excluding hydrogens is 618 g/mol. The highest BCUT2D eigenvalue weighted by atomic mass is 79.9. The van der Waals surface area contributed by atoms with Crippen LogP contribution < -0.4 is 19.1 Å². The number of sulfonamides is 2. The van der Waals surface area contributed by atoms with Gasteiger partial charge in [-0.15, -0.1) is 0 Å². The van der Waals surface area contributed by atoms with E-state index in [1.165, 1.54) is 43.5 Å². The van der Waals surface area contributed by atoms with Crippen LogP contribution >= 0.6 is 15.9 Å². The molecule has 0 bridgehead atoms. The molecule has 0 saturated heterocycles. The lowest BCUT2D eigenvalue weighted by Crippen LogP contribution is -2.38. The van der Waals surface area contributed by atoms with Gasteiger partial charge < -0.3 is 10.1 Å². The van der Waals surface area contributed by atoms with Crippen LogP contribution in [0.4, 0.5) is 17.1 Å². The molecule has 0 aliphatic heterocycles. The van der Waals surface area contributed by atoms with E-state index in [9.17, 15) is 21.6 Å². The summed E-state index contributed by atoms with van der Waals surface area (Å²) in [4.78, 5) is 13.1. The van der Waals surface area contributed by atoms with Crippen LogP contribution in [-0.2, 0) is 24.8 Å². The second kappa shape index (κ2) is 12.1. The van der Waals surface area contributed by atoms with E-state index in [4.69, 9.17) is 4.74 Å². The number of nitrogens with one attached hydrogen (secondary N) is 2. The number of hydrogen-bond donors (Lipinski definition) is 2. The molecule has 0 saturated carbocycles. The number of rotatable bonds is 10. The molecule has 0 aliphatic carbocycles. The Morgan fingerprint density at radius 1 is 0.775 bits per heavy atom. The number of amides is 1. The molecule has 4 rings (SSSR count). The van der Waals surface area contributed by atoms with E-state index in [2.05, 4.69) is 26.0 Å². The second-order valence-corrected chi connectivity index (χ2v) is 13.2. The fourth-order valence-electron chi connectivity index (χ4n) is 3.68. The van der Waals surface area contributed by atoms with Crippen molar-refractivity contribution in [3.8, 4) is 5.75 Å². The second-order valence-electron chi connectivity index (χ2n) is 8.71. The molecule has 9 nitrogen and oxygen atoms in total. The van der Waals surface area contributed by atoms with Crippen molar-refractivity contribution in [1.82, 2.24) is 0 Å². The number of carbonyl (C=O) groups excluding carboxylic acids is 1. The number of hydrogen-bond acceptors (Lipinski definition) is 6. The topological polar surface area (TPSA) is 122 Å². The zero-order chi connectivity index (χ0) is 28.9. The van der Waals surface area contributed by atoms with Crippen LogP contribution in [0.1, 0.15) is 5.56 Å². The van der Waals surface area contributed by atoms with Crippen molar-refractivity contribution >= 4 is 58.9 Å². The molecule has 4 aromatic rings. The fourth-order valence-corrected chi connectivity index (χ4v) is 6.43. The zero-order valence-corrected chi connectivity index (χ0v) is 24.8. The number of carbonyl (C=O) groups is 1. The first-order chi connectivity index (χ1) is 19.0. The van der Waals surface area contributed by atoms with Gasteiger partial charge in [0.15, 0.2) is 0 Å². The first kappa shape index (κ1) is 29.1. The molecule has 208 valence electrons. The minimum atomic E-state index is -4.10. The van der Waals surface area contributed by atoms with Gasteiger partial charge in [0.2, 0.25) is 5.91 Å². The van der Waals surface area contributed by atoms with E-state index in [1.807, 2.05) is 6.92 Å². The first-order valence-corrected chi connectivity index (χ1v) is 15.6. The molecule has 40 heavy (non-hydrogen) atoms. The molecule has 0 unspecified atom stereocenters. The number of benzene rings is 4. The van der Waals surface area contributed by atoms with Crippen LogP contribution in [0.25, 0.3) is 0 Å². The smallest absolute Gasteiger partial charge is 0.264 e. The average Bonchev–Trinajstić information content (AvgIpc) is 2.93. The Labute approximate surface area is 242 Å². The lowest BCUT2D eigenvalue weighted by Gasteiger charge is -2.24. The van der Waals surface area contributed by atoms with Crippen molar-refractivity contribution in [2.75, 3.05) is 28.0 Å². The fraction of sp³-hybridized carbons (Fsp3) is 0.107. The van der Waals surface area contributed by atoms with Gasteiger partial charge in [-0.25, -0.2) is 16.8 Å². The zero-order valence-electron chi connectivity index (χ0n) is 21.5. The molecule has 0 spiro atoms. The van der Waals surface area contributed by atoms with Gasteiger partial charge in [-0.2, -0.15) is 0 Å². The summed E-state index contributed by atoms with van der Waals surface area (Å²) in [6.45, 7) is 1.33. The third-order valence-corrected chi connectivity index (χ3v) is 9.52. The normalized spacial score (nSPS) is 11.5. The molecule has 0 aromatic heterocycles. The quantitative estimate of drug-likeness (QED) is 0.239. The summed E-state index contributed by atoms with van der Waals surface area (Å²) in [6.07, 6.45) is 0. The number of anilines is 3. The third-order valence-electron chi connectivity index (χ3n) is 5.80. The largest absolute Gasteiger partial charge is 0.497 e. The Kier molecular flexibility index (Phi) is 8.82. The van der Waals surface area contributed by atoms with Gasteiger partial charge in [-0.1, -0.05) is 33.6 Å². The van der Waals surface area contributed by atoms with Crippen LogP contribution in [0.3, 0.4) is 0 Å². The van der Waals surface area contributed by atoms with Crippen LogP contribution in [0.15, 0.2) is 111 Å². The predicted molar refractivity (Wildman–Crippen MR) is 159 cm³/mol. The minimum absolute atomic E-state index is 0.00442. The van der Waals surface area contributed by atoms with E-state index in [-0.39, 0.29) is 15.5 Å². The summed E-state index contributed by atoms with van der Waals surface area (Å²) in [5.74, 6) is -0.0827. The van der Waals surface area contributed by atoms with Crippen molar-refractivity contribution in [2.24, 2.45) is 0 Å². The lowest BCUT2D eigenvalue weighted by molar-refractivity contribution is -0.114. The standard InChI is InChI=1S/C28H26BrN3O6S2/c1-20-3-15-27(16-4-20)40(36,37)32(24-11-13-25(38-2)14-12-24)19-28(33)30-22-9-17-26(18-10-22)39(34,35)31-23-7-5-21(29)6-8-23/h3-18,31H,19H2,1-2H3,(H,30,33). The molecule has 1 amide bonds. The van der Waals surface area contributed by atoms with E-state index >= 15 is 0 Å². The maximum absolute atomic E-state index is 13.5. The first-order valence-electron chi connectivity index (χ1n) is 11.9.